The van der Waals surface area contributed by atoms with Crippen LogP contribution in [0.1, 0.15) is 33.1 Å². The van der Waals surface area contributed by atoms with Crippen molar-refractivity contribution in [3.05, 3.63) is 0 Å². The van der Waals surface area contributed by atoms with E-state index in [-0.39, 0.29) is 18.6 Å². The third kappa shape index (κ3) is 3.85. The summed E-state index contributed by atoms with van der Waals surface area (Å²) < 4.78 is 0. The maximum atomic E-state index is 9.34. The fraction of sp³-hybridized carbons (Fsp3) is 1.00. The van der Waals surface area contributed by atoms with E-state index in [1.807, 2.05) is 6.92 Å². The Labute approximate surface area is 62.9 Å². The second kappa shape index (κ2) is 5.69. The summed E-state index contributed by atoms with van der Waals surface area (Å²) >= 11 is 0. The largest absolute Gasteiger partial charge is 0.396 e. The molecule has 0 aromatic carbocycles. The van der Waals surface area contributed by atoms with E-state index < -0.39 is 0 Å². The van der Waals surface area contributed by atoms with Crippen molar-refractivity contribution in [2.24, 2.45) is 5.92 Å². The van der Waals surface area contributed by atoms with Crippen LogP contribution in [0.15, 0.2) is 0 Å². The summed E-state index contributed by atoms with van der Waals surface area (Å²) in [4.78, 5) is 0. The molecule has 0 saturated carbocycles. The van der Waals surface area contributed by atoms with E-state index in [0.29, 0.717) is 6.42 Å². The summed E-state index contributed by atoms with van der Waals surface area (Å²) in [5.74, 6) is 0.241. The molecule has 2 heteroatoms. The topological polar surface area (TPSA) is 40.5 Å². The second-order valence-electron chi connectivity index (χ2n) is 2.85. The van der Waals surface area contributed by atoms with Crippen LogP contribution in [0.2, 0.25) is 0 Å². The average Bonchev–Trinajstić information content (AvgIpc) is 1.89. The molecule has 0 amide bonds. The number of rotatable bonds is 5. The lowest BCUT2D eigenvalue weighted by Gasteiger charge is -2.16. The molecule has 0 aromatic rings. The molecule has 0 heterocycles. The number of aliphatic hydroxyl groups is 2. The Bertz CT molecular complexity index is 63.7. The molecule has 2 nitrogen and oxygen atoms in total. The van der Waals surface area contributed by atoms with Gasteiger partial charge in [0.15, 0.2) is 0 Å². The Hall–Kier alpha value is -0.0800. The van der Waals surface area contributed by atoms with Gasteiger partial charge in [-0.25, -0.2) is 0 Å². The molecule has 0 bridgehead atoms. The fourth-order valence-corrected chi connectivity index (χ4v) is 0.976. The monoisotopic (exact) mass is 146 g/mol. The van der Waals surface area contributed by atoms with Crippen molar-refractivity contribution in [1.29, 1.82) is 0 Å². The van der Waals surface area contributed by atoms with Gasteiger partial charge in [0.2, 0.25) is 0 Å². The van der Waals surface area contributed by atoms with Crippen LogP contribution in [0.4, 0.5) is 0 Å². The zero-order valence-electron chi connectivity index (χ0n) is 6.88. The first-order chi connectivity index (χ1) is 4.72. The second-order valence-corrected chi connectivity index (χ2v) is 2.85. The summed E-state index contributed by atoms with van der Waals surface area (Å²) in [5, 5.41) is 17.9. The highest BCUT2D eigenvalue weighted by molar-refractivity contribution is 4.62. The number of hydrogen-bond acceptors (Lipinski definition) is 2. The summed E-state index contributed by atoms with van der Waals surface area (Å²) in [6.45, 7) is 4.20. The normalized spacial score (nSPS) is 16.8. The van der Waals surface area contributed by atoms with Crippen LogP contribution in [-0.4, -0.2) is 22.9 Å². The lowest BCUT2D eigenvalue weighted by molar-refractivity contribution is 0.0903. The van der Waals surface area contributed by atoms with Crippen LogP contribution in [-0.2, 0) is 0 Å². The van der Waals surface area contributed by atoms with Crippen molar-refractivity contribution in [1.82, 2.24) is 0 Å². The Kier molecular flexibility index (Phi) is 5.64. The first-order valence-electron chi connectivity index (χ1n) is 4.01. The molecule has 62 valence electrons. The van der Waals surface area contributed by atoms with Crippen molar-refractivity contribution in [2.75, 3.05) is 6.61 Å². The molecular formula is C8H18O2. The Morgan fingerprint density at radius 2 is 1.90 bits per heavy atom. The highest BCUT2D eigenvalue weighted by Crippen LogP contribution is 2.11. The molecule has 0 rings (SSSR count). The van der Waals surface area contributed by atoms with Crippen molar-refractivity contribution in [2.45, 2.75) is 39.2 Å². The molecule has 0 aliphatic carbocycles. The molecule has 2 unspecified atom stereocenters. The number of aliphatic hydroxyl groups excluding tert-OH is 2. The SMILES string of the molecule is CCCC(O)C(C)CCO. The van der Waals surface area contributed by atoms with Crippen LogP contribution >= 0.6 is 0 Å². The van der Waals surface area contributed by atoms with Gasteiger partial charge >= 0.3 is 0 Å². The zero-order chi connectivity index (χ0) is 7.98. The molecular weight excluding hydrogens is 128 g/mol. The molecule has 0 aromatic heterocycles. The molecule has 0 fully saturated rings. The highest BCUT2D eigenvalue weighted by atomic mass is 16.3. The van der Waals surface area contributed by atoms with Gasteiger partial charge in [0.1, 0.15) is 0 Å². The Morgan fingerprint density at radius 3 is 2.30 bits per heavy atom. The van der Waals surface area contributed by atoms with E-state index >= 15 is 0 Å². The molecule has 10 heavy (non-hydrogen) atoms. The molecule has 0 aliphatic heterocycles. The van der Waals surface area contributed by atoms with E-state index in [9.17, 15) is 5.11 Å². The van der Waals surface area contributed by atoms with Gasteiger partial charge in [0, 0.05) is 6.61 Å². The zero-order valence-corrected chi connectivity index (χ0v) is 6.88. The average molecular weight is 146 g/mol. The van der Waals surface area contributed by atoms with Crippen molar-refractivity contribution in [3.8, 4) is 0 Å². The minimum atomic E-state index is -0.225. The maximum Gasteiger partial charge on any atom is 0.0566 e. The lowest BCUT2D eigenvalue weighted by Crippen LogP contribution is -2.18. The van der Waals surface area contributed by atoms with Crippen molar-refractivity contribution < 1.29 is 10.2 Å². The lowest BCUT2D eigenvalue weighted by atomic mass is 9.98. The van der Waals surface area contributed by atoms with Gasteiger partial charge in [-0.3, -0.25) is 0 Å². The predicted molar refractivity (Wildman–Crippen MR) is 41.8 cm³/mol. The van der Waals surface area contributed by atoms with Gasteiger partial charge in [0.25, 0.3) is 0 Å². The maximum absolute atomic E-state index is 9.34. The van der Waals surface area contributed by atoms with Gasteiger partial charge in [-0.2, -0.15) is 0 Å². The van der Waals surface area contributed by atoms with Gasteiger partial charge in [0.05, 0.1) is 6.10 Å². The van der Waals surface area contributed by atoms with Crippen molar-refractivity contribution >= 4 is 0 Å². The molecule has 2 atom stereocenters. The molecule has 0 saturated heterocycles. The molecule has 0 radical (unpaired) electrons. The summed E-state index contributed by atoms with van der Waals surface area (Å²) in [7, 11) is 0. The number of hydrogen-bond donors (Lipinski definition) is 2. The van der Waals surface area contributed by atoms with Gasteiger partial charge < -0.3 is 10.2 Å². The summed E-state index contributed by atoms with van der Waals surface area (Å²) in [6.07, 6.45) is 2.34. The molecule has 2 N–H and O–H groups in total. The molecule has 0 spiro atoms. The van der Waals surface area contributed by atoms with E-state index in [2.05, 4.69) is 6.92 Å². The fourth-order valence-electron chi connectivity index (χ4n) is 0.976. The van der Waals surface area contributed by atoms with Gasteiger partial charge in [-0.05, 0) is 18.8 Å². The quantitative estimate of drug-likeness (QED) is 0.611. The van der Waals surface area contributed by atoms with E-state index in [0.717, 1.165) is 12.8 Å². The van der Waals surface area contributed by atoms with Crippen LogP contribution < -0.4 is 0 Å². The minimum Gasteiger partial charge on any atom is -0.396 e. The summed E-state index contributed by atoms with van der Waals surface area (Å²) in [5.41, 5.74) is 0. The van der Waals surface area contributed by atoms with Crippen LogP contribution in [0, 0.1) is 5.92 Å². The van der Waals surface area contributed by atoms with Crippen molar-refractivity contribution in [3.63, 3.8) is 0 Å². The first-order valence-corrected chi connectivity index (χ1v) is 4.01. The van der Waals surface area contributed by atoms with E-state index in [1.54, 1.807) is 0 Å². The van der Waals surface area contributed by atoms with E-state index in [1.165, 1.54) is 0 Å². The van der Waals surface area contributed by atoms with E-state index in [4.69, 9.17) is 5.11 Å². The highest BCUT2D eigenvalue weighted by Gasteiger charge is 2.11. The predicted octanol–water partition coefficient (Wildman–Crippen LogP) is 1.17. The third-order valence-corrected chi connectivity index (χ3v) is 1.83. The minimum absolute atomic E-state index is 0.182. The Balaban J connectivity index is 3.38. The standard InChI is InChI=1S/C8H18O2/c1-3-4-8(10)7(2)5-6-9/h7-10H,3-6H2,1-2H3. The molecule has 0 aliphatic rings. The summed E-state index contributed by atoms with van der Waals surface area (Å²) in [6, 6.07) is 0. The van der Waals surface area contributed by atoms with Gasteiger partial charge in [-0.15, -0.1) is 0 Å². The van der Waals surface area contributed by atoms with Crippen LogP contribution in [0.5, 0.6) is 0 Å². The van der Waals surface area contributed by atoms with Gasteiger partial charge in [-0.1, -0.05) is 20.3 Å². The first kappa shape index (κ1) is 9.92. The third-order valence-electron chi connectivity index (χ3n) is 1.83. The smallest absolute Gasteiger partial charge is 0.0566 e. The van der Waals surface area contributed by atoms with Crippen LogP contribution in [0.3, 0.4) is 0 Å². The van der Waals surface area contributed by atoms with Crippen LogP contribution in [0.25, 0.3) is 0 Å². The Morgan fingerprint density at radius 1 is 1.30 bits per heavy atom.